The number of fused-ring (bicyclic) bond motifs is 5. The number of carbonyl (C=O) groups is 2. The van der Waals surface area contributed by atoms with Crippen molar-refractivity contribution in [2.75, 3.05) is 0 Å². The van der Waals surface area contributed by atoms with E-state index in [2.05, 4.69) is 13.8 Å². The maximum Gasteiger partial charge on any atom is 0.306 e. The van der Waals surface area contributed by atoms with Crippen LogP contribution < -0.4 is 0 Å². The first kappa shape index (κ1) is 18.0. The van der Waals surface area contributed by atoms with Gasteiger partial charge in [-0.1, -0.05) is 13.8 Å². The number of carboxylic acid groups (broad SMARTS) is 1. The highest BCUT2D eigenvalue weighted by Crippen LogP contribution is 2.68. The van der Waals surface area contributed by atoms with E-state index in [9.17, 15) is 24.9 Å². The Balaban J connectivity index is 1.68. The molecule has 0 radical (unpaired) electrons. The van der Waals surface area contributed by atoms with Crippen molar-refractivity contribution < 1.29 is 24.9 Å². The SMILES string of the molecule is C[C@]12CCC(=O)C(O)=C1CC[C@@H]1[C@@H]2CC[C@@]2(C)[C@H]1CC[C@]2(O)CC(=O)O. The summed E-state index contributed by atoms with van der Waals surface area (Å²) in [4.78, 5) is 23.3. The van der Waals surface area contributed by atoms with Crippen LogP contribution in [0, 0.1) is 28.6 Å². The normalized spacial score (nSPS) is 48.0. The second-order valence-electron chi connectivity index (χ2n) is 9.68. The van der Waals surface area contributed by atoms with Crippen LogP contribution in [0.4, 0.5) is 0 Å². The minimum Gasteiger partial charge on any atom is -0.504 e. The van der Waals surface area contributed by atoms with Gasteiger partial charge in [0.05, 0.1) is 12.0 Å². The van der Waals surface area contributed by atoms with Gasteiger partial charge in [0, 0.05) is 6.42 Å². The smallest absolute Gasteiger partial charge is 0.306 e. The number of allylic oxidation sites excluding steroid dienone is 1. The first-order chi connectivity index (χ1) is 12.1. The fourth-order valence-corrected chi connectivity index (χ4v) is 7.34. The molecule has 3 fully saturated rings. The van der Waals surface area contributed by atoms with Crippen LogP contribution in [0.1, 0.15) is 71.6 Å². The van der Waals surface area contributed by atoms with Crippen LogP contribution in [0.3, 0.4) is 0 Å². The summed E-state index contributed by atoms with van der Waals surface area (Å²) in [5, 5.41) is 30.9. The monoisotopic (exact) mass is 362 g/mol. The average Bonchev–Trinajstić information content (AvgIpc) is 2.82. The third-order valence-corrected chi connectivity index (χ3v) is 8.86. The van der Waals surface area contributed by atoms with Crippen LogP contribution in [0.15, 0.2) is 11.3 Å². The number of aliphatic hydroxyl groups excluding tert-OH is 1. The zero-order valence-corrected chi connectivity index (χ0v) is 15.8. The van der Waals surface area contributed by atoms with Gasteiger partial charge in [0.25, 0.3) is 0 Å². The second-order valence-corrected chi connectivity index (χ2v) is 9.68. The Bertz CT molecular complexity index is 697. The van der Waals surface area contributed by atoms with Crippen molar-refractivity contribution in [3.05, 3.63) is 11.3 Å². The quantitative estimate of drug-likeness (QED) is 0.697. The number of ketones is 1. The van der Waals surface area contributed by atoms with Gasteiger partial charge < -0.3 is 15.3 Å². The highest BCUT2D eigenvalue weighted by molar-refractivity contribution is 5.95. The lowest BCUT2D eigenvalue weighted by Crippen LogP contribution is -2.55. The Morgan fingerprint density at radius 1 is 1.08 bits per heavy atom. The molecule has 0 spiro atoms. The van der Waals surface area contributed by atoms with E-state index >= 15 is 0 Å². The summed E-state index contributed by atoms with van der Waals surface area (Å²) in [7, 11) is 0. The predicted molar refractivity (Wildman–Crippen MR) is 95.5 cm³/mol. The van der Waals surface area contributed by atoms with Crippen LogP contribution in [0.5, 0.6) is 0 Å². The highest BCUT2D eigenvalue weighted by atomic mass is 16.4. The molecular weight excluding hydrogens is 332 g/mol. The summed E-state index contributed by atoms with van der Waals surface area (Å²) in [6.07, 6.45) is 5.91. The summed E-state index contributed by atoms with van der Waals surface area (Å²) < 4.78 is 0. The zero-order valence-electron chi connectivity index (χ0n) is 15.8. The van der Waals surface area contributed by atoms with Crippen LogP contribution in [0.2, 0.25) is 0 Å². The van der Waals surface area contributed by atoms with Gasteiger partial charge >= 0.3 is 5.97 Å². The van der Waals surface area contributed by atoms with E-state index < -0.39 is 11.6 Å². The first-order valence-electron chi connectivity index (χ1n) is 10.0. The maximum atomic E-state index is 12.0. The van der Waals surface area contributed by atoms with Gasteiger partial charge in [-0.25, -0.2) is 0 Å². The molecule has 3 saturated carbocycles. The Morgan fingerprint density at radius 2 is 1.77 bits per heavy atom. The molecule has 0 aromatic rings. The van der Waals surface area contributed by atoms with Crippen molar-refractivity contribution in [1.29, 1.82) is 0 Å². The number of Topliss-reactive ketones (excluding diaryl/α,β-unsaturated/α-hetero) is 1. The Morgan fingerprint density at radius 3 is 2.46 bits per heavy atom. The van der Waals surface area contributed by atoms with Crippen LogP contribution >= 0.6 is 0 Å². The summed E-state index contributed by atoms with van der Waals surface area (Å²) in [5.74, 6) is 0.141. The van der Waals surface area contributed by atoms with Gasteiger partial charge in [-0.05, 0) is 79.1 Å². The molecule has 5 heteroatoms. The lowest BCUT2D eigenvalue weighted by atomic mass is 9.46. The largest absolute Gasteiger partial charge is 0.504 e. The Hall–Kier alpha value is -1.36. The molecule has 0 heterocycles. The molecule has 0 aromatic heterocycles. The molecule has 0 aromatic carbocycles. The summed E-state index contributed by atoms with van der Waals surface area (Å²) in [6.45, 7) is 4.31. The molecule has 0 amide bonds. The van der Waals surface area contributed by atoms with Gasteiger partial charge in [0.1, 0.15) is 0 Å². The van der Waals surface area contributed by atoms with Crippen molar-refractivity contribution in [1.82, 2.24) is 0 Å². The molecule has 26 heavy (non-hydrogen) atoms. The van der Waals surface area contributed by atoms with Crippen molar-refractivity contribution in [3.8, 4) is 0 Å². The third kappa shape index (κ3) is 2.19. The van der Waals surface area contributed by atoms with Crippen molar-refractivity contribution in [2.24, 2.45) is 28.6 Å². The standard InChI is InChI=1S/C21H30O5/c1-19-8-7-16(22)18(25)15(19)4-3-12-13(19)5-9-20(2)14(12)6-10-21(20,26)11-17(23)24/h12-14,25-26H,3-11H2,1-2H3,(H,23,24)/t12-,13+,14+,19-,20+,21+/m1/s1. The number of carboxylic acids is 1. The molecule has 0 unspecified atom stereocenters. The number of aliphatic hydroxyl groups is 2. The topological polar surface area (TPSA) is 94.8 Å². The lowest BCUT2D eigenvalue weighted by Gasteiger charge is -2.59. The second kappa shape index (κ2) is 5.57. The van der Waals surface area contributed by atoms with Crippen LogP contribution in [-0.4, -0.2) is 32.7 Å². The fraction of sp³-hybridized carbons (Fsp3) is 0.810. The van der Waals surface area contributed by atoms with Gasteiger partial charge in [0.15, 0.2) is 11.5 Å². The third-order valence-electron chi connectivity index (χ3n) is 8.86. The number of rotatable bonds is 2. The van der Waals surface area contributed by atoms with Crippen molar-refractivity contribution in [2.45, 2.75) is 77.2 Å². The van der Waals surface area contributed by atoms with Crippen LogP contribution in [-0.2, 0) is 9.59 Å². The molecular formula is C21H30O5. The summed E-state index contributed by atoms with van der Waals surface area (Å²) in [6, 6.07) is 0. The van der Waals surface area contributed by atoms with E-state index in [1.807, 2.05) is 0 Å². The number of carbonyl (C=O) groups excluding carboxylic acids is 1. The lowest BCUT2D eigenvalue weighted by molar-refractivity contribution is -0.158. The van der Waals surface area contributed by atoms with Crippen molar-refractivity contribution in [3.63, 3.8) is 0 Å². The Labute approximate surface area is 154 Å². The van der Waals surface area contributed by atoms with E-state index in [0.29, 0.717) is 30.6 Å². The number of hydrogen-bond acceptors (Lipinski definition) is 4. The van der Waals surface area contributed by atoms with E-state index in [1.54, 1.807) is 0 Å². The van der Waals surface area contributed by atoms with Gasteiger partial charge in [-0.15, -0.1) is 0 Å². The molecule has 144 valence electrons. The van der Waals surface area contributed by atoms with Gasteiger partial charge in [-0.2, -0.15) is 0 Å². The highest BCUT2D eigenvalue weighted by Gasteiger charge is 2.64. The van der Waals surface area contributed by atoms with E-state index in [1.165, 1.54) is 0 Å². The van der Waals surface area contributed by atoms with Gasteiger partial charge in [-0.3, -0.25) is 9.59 Å². The molecule has 0 bridgehead atoms. The van der Waals surface area contributed by atoms with E-state index in [4.69, 9.17) is 0 Å². The maximum absolute atomic E-state index is 12.0. The van der Waals surface area contributed by atoms with Crippen LogP contribution in [0.25, 0.3) is 0 Å². The first-order valence-corrected chi connectivity index (χ1v) is 10.0. The molecule has 0 aliphatic heterocycles. The fourth-order valence-electron chi connectivity index (χ4n) is 7.34. The molecule has 0 saturated heterocycles. The Kier molecular flexibility index (Phi) is 3.86. The minimum atomic E-state index is -1.11. The molecule has 4 aliphatic carbocycles. The molecule has 6 atom stereocenters. The minimum absolute atomic E-state index is 0.0133. The number of hydrogen-bond donors (Lipinski definition) is 3. The molecule has 4 aliphatic rings. The number of aliphatic carboxylic acids is 1. The molecule has 3 N–H and O–H groups in total. The summed E-state index contributed by atoms with van der Waals surface area (Å²) in [5.41, 5.74) is -0.639. The summed E-state index contributed by atoms with van der Waals surface area (Å²) >= 11 is 0. The van der Waals surface area contributed by atoms with Crippen molar-refractivity contribution >= 4 is 11.8 Å². The predicted octanol–water partition coefficient (Wildman–Crippen LogP) is 3.61. The average molecular weight is 362 g/mol. The zero-order chi connectivity index (χ0) is 18.9. The van der Waals surface area contributed by atoms with E-state index in [0.717, 1.165) is 44.1 Å². The van der Waals surface area contributed by atoms with E-state index in [-0.39, 0.29) is 28.8 Å². The molecule has 5 nitrogen and oxygen atoms in total. The molecule has 4 rings (SSSR count). The van der Waals surface area contributed by atoms with Gasteiger partial charge in [0.2, 0.25) is 0 Å².